The standard InChI is InChI=1S/C18H20O4/c1-2-12-4-3-5-15-16(21-10-13-8-19-13)6-7-17(18(12)15)22-11-14-9-20-14/h3-7,13-14H,2,8-11H2,1H3. The first-order valence-electron chi connectivity index (χ1n) is 7.88. The summed E-state index contributed by atoms with van der Waals surface area (Å²) in [6, 6.07) is 10.3. The van der Waals surface area contributed by atoms with Crippen LogP contribution < -0.4 is 9.47 Å². The molecule has 0 aliphatic carbocycles. The molecule has 0 spiro atoms. The third kappa shape index (κ3) is 2.89. The first kappa shape index (κ1) is 13.9. The van der Waals surface area contributed by atoms with Crippen molar-refractivity contribution in [1.82, 2.24) is 0 Å². The second-order valence-electron chi connectivity index (χ2n) is 5.79. The van der Waals surface area contributed by atoms with E-state index in [2.05, 4.69) is 25.1 Å². The van der Waals surface area contributed by atoms with Gasteiger partial charge in [0.15, 0.2) is 0 Å². The van der Waals surface area contributed by atoms with Gasteiger partial charge in [-0.1, -0.05) is 25.1 Å². The third-order valence-electron chi connectivity index (χ3n) is 4.08. The average Bonchev–Trinajstić information content (AvgIpc) is 3.45. The summed E-state index contributed by atoms with van der Waals surface area (Å²) < 4.78 is 22.4. The highest BCUT2D eigenvalue weighted by Gasteiger charge is 2.25. The fraction of sp³-hybridized carbons (Fsp3) is 0.444. The van der Waals surface area contributed by atoms with Crippen LogP contribution >= 0.6 is 0 Å². The molecule has 2 unspecified atom stereocenters. The van der Waals surface area contributed by atoms with Crippen molar-refractivity contribution >= 4 is 10.8 Å². The molecule has 4 heteroatoms. The number of aryl methyl sites for hydroxylation is 1. The molecular weight excluding hydrogens is 280 g/mol. The predicted molar refractivity (Wildman–Crippen MR) is 83.8 cm³/mol. The molecule has 22 heavy (non-hydrogen) atoms. The Labute approximate surface area is 129 Å². The lowest BCUT2D eigenvalue weighted by Crippen LogP contribution is -2.07. The van der Waals surface area contributed by atoms with E-state index in [9.17, 15) is 0 Å². The van der Waals surface area contributed by atoms with E-state index < -0.39 is 0 Å². The van der Waals surface area contributed by atoms with Gasteiger partial charge >= 0.3 is 0 Å². The summed E-state index contributed by atoms with van der Waals surface area (Å²) in [5.74, 6) is 1.81. The van der Waals surface area contributed by atoms with Crippen molar-refractivity contribution in [1.29, 1.82) is 0 Å². The van der Waals surface area contributed by atoms with Crippen LogP contribution in [0.1, 0.15) is 12.5 Å². The molecule has 0 amide bonds. The summed E-state index contributed by atoms with van der Waals surface area (Å²) in [7, 11) is 0. The number of ether oxygens (including phenoxy) is 4. The first-order valence-corrected chi connectivity index (χ1v) is 7.88. The van der Waals surface area contributed by atoms with E-state index >= 15 is 0 Å². The molecule has 4 nitrogen and oxygen atoms in total. The summed E-state index contributed by atoms with van der Waals surface area (Å²) in [6.07, 6.45) is 1.47. The van der Waals surface area contributed by atoms with Crippen LogP contribution in [-0.4, -0.2) is 38.6 Å². The predicted octanol–water partition coefficient (Wildman–Crippen LogP) is 2.96. The molecule has 2 heterocycles. The third-order valence-corrected chi connectivity index (χ3v) is 4.08. The Morgan fingerprint density at radius 2 is 1.59 bits per heavy atom. The minimum atomic E-state index is 0.256. The van der Waals surface area contributed by atoms with Gasteiger partial charge in [-0.05, 0) is 24.1 Å². The lowest BCUT2D eigenvalue weighted by atomic mass is 10.0. The Morgan fingerprint density at radius 3 is 2.23 bits per heavy atom. The Kier molecular flexibility index (Phi) is 3.64. The Balaban J connectivity index is 1.69. The topological polar surface area (TPSA) is 43.5 Å². The zero-order chi connectivity index (χ0) is 14.9. The van der Waals surface area contributed by atoms with Gasteiger partial charge in [0.25, 0.3) is 0 Å². The van der Waals surface area contributed by atoms with Gasteiger partial charge in [-0.2, -0.15) is 0 Å². The minimum absolute atomic E-state index is 0.256. The highest BCUT2D eigenvalue weighted by atomic mass is 16.6. The summed E-state index contributed by atoms with van der Waals surface area (Å²) >= 11 is 0. The summed E-state index contributed by atoms with van der Waals surface area (Å²) in [4.78, 5) is 0. The Hall–Kier alpha value is -1.78. The SMILES string of the molecule is CCc1cccc2c(OCC3CO3)ccc(OCC3CO3)c12. The molecule has 2 saturated heterocycles. The monoisotopic (exact) mass is 300 g/mol. The van der Waals surface area contributed by atoms with E-state index in [1.807, 2.05) is 12.1 Å². The second-order valence-corrected chi connectivity index (χ2v) is 5.79. The average molecular weight is 300 g/mol. The summed E-state index contributed by atoms with van der Waals surface area (Å²) in [5, 5.41) is 2.26. The van der Waals surface area contributed by atoms with E-state index in [1.54, 1.807) is 0 Å². The molecule has 116 valence electrons. The summed E-state index contributed by atoms with van der Waals surface area (Å²) in [5.41, 5.74) is 1.28. The normalized spacial score (nSPS) is 22.6. The molecule has 0 N–H and O–H groups in total. The van der Waals surface area contributed by atoms with Crippen LogP contribution in [0.4, 0.5) is 0 Å². The van der Waals surface area contributed by atoms with Gasteiger partial charge in [0, 0.05) is 10.8 Å². The van der Waals surface area contributed by atoms with Gasteiger partial charge in [0.05, 0.1) is 13.2 Å². The Morgan fingerprint density at radius 1 is 0.955 bits per heavy atom. The molecule has 2 aromatic rings. The van der Waals surface area contributed by atoms with Crippen LogP contribution in [0.25, 0.3) is 10.8 Å². The van der Waals surface area contributed by atoms with Crippen LogP contribution in [0.15, 0.2) is 30.3 Å². The van der Waals surface area contributed by atoms with Gasteiger partial charge in [-0.25, -0.2) is 0 Å². The number of hydrogen-bond donors (Lipinski definition) is 0. The summed E-state index contributed by atoms with van der Waals surface area (Å²) in [6.45, 7) is 5.00. The second kappa shape index (κ2) is 5.78. The fourth-order valence-corrected chi connectivity index (χ4v) is 2.66. The van der Waals surface area contributed by atoms with Crippen LogP contribution in [0, 0.1) is 0 Å². The largest absolute Gasteiger partial charge is 0.490 e. The minimum Gasteiger partial charge on any atom is -0.490 e. The molecule has 2 aliphatic rings. The van der Waals surface area contributed by atoms with Crippen LogP contribution in [0.5, 0.6) is 11.5 Å². The van der Waals surface area contributed by atoms with E-state index in [4.69, 9.17) is 18.9 Å². The van der Waals surface area contributed by atoms with Crippen molar-refractivity contribution in [3.8, 4) is 11.5 Å². The van der Waals surface area contributed by atoms with Crippen molar-refractivity contribution in [3.63, 3.8) is 0 Å². The van der Waals surface area contributed by atoms with Gasteiger partial charge in [-0.15, -0.1) is 0 Å². The first-order chi connectivity index (χ1) is 10.8. The van der Waals surface area contributed by atoms with E-state index in [1.165, 1.54) is 5.56 Å². The molecule has 2 atom stereocenters. The quantitative estimate of drug-likeness (QED) is 0.737. The molecule has 0 aromatic heterocycles. The fourth-order valence-electron chi connectivity index (χ4n) is 2.66. The number of rotatable bonds is 7. The maximum absolute atomic E-state index is 5.97. The molecule has 2 fully saturated rings. The molecule has 2 aromatic carbocycles. The van der Waals surface area contributed by atoms with Crippen LogP contribution in [0.2, 0.25) is 0 Å². The molecule has 2 aliphatic heterocycles. The van der Waals surface area contributed by atoms with E-state index in [-0.39, 0.29) is 12.2 Å². The Bertz CT molecular complexity index is 674. The van der Waals surface area contributed by atoms with Crippen molar-refractivity contribution in [2.75, 3.05) is 26.4 Å². The number of benzene rings is 2. The van der Waals surface area contributed by atoms with Crippen molar-refractivity contribution in [3.05, 3.63) is 35.9 Å². The van der Waals surface area contributed by atoms with E-state index in [0.29, 0.717) is 13.2 Å². The zero-order valence-electron chi connectivity index (χ0n) is 12.7. The lowest BCUT2D eigenvalue weighted by Gasteiger charge is -2.15. The van der Waals surface area contributed by atoms with Gasteiger partial charge in [0.2, 0.25) is 0 Å². The molecular formula is C18H20O4. The molecule has 0 radical (unpaired) electrons. The number of hydrogen-bond acceptors (Lipinski definition) is 4. The van der Waals surface area contributed by atoms with Crippen molar-refractivity contribution in [2.24, 2.45) is 0 Å². The van der Waals surface area contributed by atoms with Crippen molar-refractivity contribution in [2.45, 2.75) is 25.6 Å². The van der Waals surface area contributed by atoms with Gasteiger partial charge < -0.3 is 18.9 Å². The van der Waals surface area contributed by atoms with E-state index in [0.717, 1.165) is 41.9 Å². The molecule has 0 saturated carbocycles. The highest BCUT2D eigenvalue weighted by molar-refractivity contribution is 5.95. The molecule has 4 rings (SSSR count). The smallest absolute Gasteiger partial charge is 0.127 e. The zero-order valence-corrected chi connectivity index (χ0v) is 12.7. The van der Waals surface area contributed by atoms with Crippen molar-refractivity contribution < 1.29 is 18.9 Å². The maximum atomic E-state index is 5.97. The number of epoxide rings is 2. The van der Waals surface area contributed by atoms with Gasteiger partial charge in [0.1, 0.15) is 36.9 Å². The maximum Gasteiger partial charge on any atom is 0.127 e. The van der Waals surface area contributed by atoms with Crippen LogP contribution in [-0.2, 0) is 15.9 Å². The number of fused-ring (bicyclic) bond motifs is 1. The highest BCUT2D eigenvalue weighted by Crippen LogP contribution is 2.36. The molecule has 0 bridgehead atoms. The van der Waals surface area contributed by atoms with Crippen LogP contribution in [0.3, 0.4) is 0 Å². The van der Waals surface area contributed by atoms with Gasteiger partial charge in [-0.3, -0.25) is 0 Å². The lowest BCUT2D eigenvalue weighted by molar-refractivity contribution is 0.261.